The number of allylic oxidation sites excluding steroid dienone is 2. The molecule has 0 unspecified atom stereocenters. The van der Waals surface area contributed by atoms with Crippen LogP contribution >= 0.6 is 0 Å². The molecule has 1 aromatic carbocycles. The van der Waals surface area contributed by atoms with E-state index in [1.807, 2.05) is 0 Å². The number of nitrogens with one attached hydrogen (secondary N) is 3. The fourth-order valence-corrected chi connectivity index (χ4v) is 4.05. The minimum atomic E-state index is -0.272. The lowest BCUT2D eigenvalue weighted by Crippen LogP contribution is -2.26. The fourth-order valence-electron chi connectivity index (χ4n) is 4.05. The Bertz CT molecular complexity index is 848. The first-order chi connectivity index (χ1) is 13.2. The summed E-state index contributed by atoms with van der Waals surface area (Å²) < 4.78 is 0. The van der Waals surface area contributed by atoms with E-state index in [2.05, 4.69) is 50.1 Å². The average molecular weight is 365 g/mol. The molecule has 0 bridgehead atoms. The third-order valence-electron chi connectivity index (χ3n) is 5.54. The van der Waals surface area contributed by atoms with Gasteiger partial charge in [-0.25, -0.2) is 4.98 Å². The summed E-state index contributed by atoms with van der Waals surface area (Å²) in [5.74, 6) is 1.14. The molecule has 1 saturated heterocycles. The lowest BCUT2D eigenvalue weighted by Gasteiger charge is -2.25. The van der Waals surface area contributed by atoms with Gasteiger partial charge in [0.15, 0.2) is 0 Å². The van der Waals surface area contributed by atoms with E-state index in [0.29, 0.717) is 11.7 Å². The van der Waals surface area contributed by atoms with E-state index in [1.54, 1.807) is 6.92 Å². The van der Waals surface area contributed by atoms with Crippen LogP contribution in [0.25, 0.3) is 5.57 Å². The van der Waals surface area contributed by atoms with E-state index in [9.17, 15) is 4.79 Å². The molecule has 6 nitrogen and oxygen atoms in total. The van der Waals surface area contributed by atoms with Crippen molar-refractivity contribution in [3.8, 4) is 0 Å². The van der Waals surface area contributed by atoms with Crippen molar-refractivity contribution in [1.29, 1.82) is 0 Å². The van der Waals surface area contributed by atoms with Gasteiger partial charge < -0.3 is 10.6 Å². The molecule has 0 saturated carbocycles. The molecule has 0 radical (unpaired) electrons. The second-order valence-electron chi connectivity index (χ2n) is 7.50. The lowest BCUT2D eigenvalue weighted by molar-refractivity contribution is 0.101. The second-order valence-corrected chi connectivity index (χ2v) is 7.50. The largest absolute Gasteiger partial charge is 0.319 e. The summed E-state index contributed by atoms with van der Waals surface area (Å²) in [6, 6.07) is 6.52. The highest BCUT2D eigenvalue weighted by Crippen LogP contribution is 2.35. The first kappa shape index (κ1) is 17.9. The summed E-state index contributed by atoms with van der Waals surface area (Å²) in [5.41, 5.74) is 4.74. The molecule has 4 rings (SSSR count). The first-order valence-electron chi connectivity index (χ1n) is 9.95. The maximum Gasteiger partial charge on any atom is 0.295 e. The third kappa shape index (κ3) is 4.11. The van der Waals surface area contributed by atoms with E-state index in [4.69, 9.17) is 0 Å². The van der Waals surface area contributed by atoms with Crippen LogP contribution in [0.2, 0.25) is 0 Å². The van der Waals surface area contributed by atoms with Gasteiger partial charge in [0.25, 0.3) is 5.91 Å². The molecule has 0 atom stereocenters. The standard InChI is InChI=1S/C21H27N5O/c1-14-23-20(26-25-14)21(27)24-19-8-7-17(15-9-11-22-12-10-15)13-18(19)16-5-3-2-4-6-16/h5,7-8,13,15,22H,2-4,6,9-12H2,1H3,(H,24,27)(H,23,25,26). The van der Waals surface area contributed by atoms with Gasteiger partial charge in [0.2, 0.25) is 5.82 Å². The van der Waals surface area contributed by atoms with Crippen LogP contribution in [-0.4, -0.2) is 34.2 Å². The molecular formula is C21H27N5O. The average Bonchev–Trinajstić information content (AvgIpc) is 3.16. The van der Waals surface area contributed by atoms with Crippen molar-refractivity contribution in [2.75, 3.05) is 18.4 Å². The van der Waals surface area contributed by atoms with Gasteiger partial charge in [-0.3, -0.25) is 9.89 Å². The molecule has 2 heterocycles. The van der Waals surface area contributed by atoms with Crippen LogP contribution in [0.15, 0.2) is 24.3 Å². The maximum atomic E-state index is 12.6. The van der Waals surface area contributed by atoms with Crippen LogP contribution in [0.3, 0.4) is 0 Å². The molecule has 1 aromatic heterocycles. The zero-order valence-corrected chi connectivity index (χ0v) is 15.8. The zero-order valence-electron chi connectivity index (χ0n) is 15.8. The SMILES string of the molecule is Cc1nc(C(=O)Nc2ccc(C3CCNCC3)cc2C2=CCCCC2)n[nH]1. The number of benzene rings is 1. The van der Waals surface area contributed by atoms with E-state index < -0.39 is 0 Å². The lowest BCUT2D eigenvalue weighted by atomic mass is 9.86. The molecule has 0 spiro atoms. The monoisotopic (exact) mass is 365 g/mol. The van der Waals surface area contributed by atoms with Gasteiger partial charge in [-0.1, -0.05) is 12.1 Å². The van der Waals surface area contributed by atoms with Crippen LogP contribution in [0.1, 0.15) is 72.0 Å². The molecule has 2 aromatic rings. The van der Waals surface area contributed by atoms with Crippen LogP contribution < -0.4 is 10.6 Å². The Hall–Kier alpha value is -2.47. The van der Waals surface area contributed by atoms with Gasteiger partial charge in [-0.2, -0.15) is 0 Å². The molecule has 27 heavy (non-hydrogen) atoms. The summed E-state index contributed by atoms with van der Waals surface area (Å²) in [7, 11) is 0. The number of hydrogen-bond acceptors (Lipinski definition) is 4. The smallest absolute Gasteiger partial charge is 0.295 e. The van der Waals surface area contributed by atoms with Gasteiger partial charge >= 0.3 is 0 Å². The Kier molecular flexibility index (Phi) is 5.34. The molecule has 1 amide bonds. The number of anilines is 1. The Morgan fingerprint density at radius 3 is 2.78 bits per heavy atom. The molecule has 142 valence electrons. The van der Waals surface area contributed by atoms with E-state index in [1.165, 1.54) is 36.8 Å². The highest BCUT2D eigenvalue weighted by Gasteiger charge is 2.20. The number of aromatic amines is 1. The van der Waals surface area contributed by atoms with Crippen LogP contribution in [0.5, 0.6) is 0 Å². The number of hydrogen-bond donors (Lipinski definition) is 3. The van der Waals surface area contributed by atoms with Crippen molar-refractivity contribution < 1.29 is 4.79 Å². The number of aryl methyl sites for hydroxylation is 1. The minimum Gasteiger partial charge on any atom is -0.319 e. The van der Waals surface area contributed by atoms with Gasteiger partial charge in [0, 0.05) is 11.3 Å². The molecule has 2 aliphatic rings. The molecule has 1 aliphatic carbocycles. The molecule has 6 heteroatoms. The molecule has 3 N–H and O–H groups in total. The minimum absolute atomic E-state index is 0.179. The van der Waals surface area contributed by atoms with Crippen molar-refractivity contribution in [3.63, 3.8) is 0 Å². The van der Waals surface area contributed by atoms with E-state index in [-0.39, 0.29) is 11.7 Å². The quantitative estimate of drug-likeness (QED) is 0.770. The van der Waals surface area contributed by atoms with Crippen molar-refractivity contribution in [3.05, 3.63) is 47.1 Å². The van der Waals surface area contributed by atoms with Gasteiger partial charge in [0.1, 0.15) is 5.82 Å². The number of carbonyl (C=O) groups is 1. The third-order valence-corrected chi connectivity index (χ3v) is 5.54. The van der Waals surface area contributed by atoms with E-state index in [0.717, 1.165) is 37.2 Å². The number of carbonyl (C=O) groups excluding carboxylic acids is 1. The predicted octanol–water partition coefficient (Wildman–Crippen LogP) is 3.79. The summed E-state index contributed by atoms with van der Waals surface area (Å²) in [6.45, 7) is 3.94. The van der Waals surface area contributed by atoms with Crippen molar-refractivity contribution >= 4 is 17.2 Å². The first-order valence-corrected chi connectivity index (χ1v) is 9.95. The topological polar surface area (TPSA) is 82.7 Å². The Balaban J connectivity index is 1.64. The van der Waals surface area contributed by atoms with Crippen molar-refractivity contribution in [2.45, 2.75) is 51.4 Å². The van der Waals surface area contributed by atoms with Gasteiger partial charge in [-0.15, -0.1) is 5.10 Å². The molecule has 1 fully saturated rings. The van der Waals surface area contributed by atoms with E-state index >= 15 is 0 Å². The van der Waals surface area contributed by atoms with Crippen molar-refractivity contribution in [2.24, 2.45) is 0 Å². The Morgan fingerprint density at radius 2 is 2.07 bits per heavy atom. The molecule has 1 aliphatic heterocycles. The Labute approximate surface area is 159 Å². The highest BCUT2D eigenvalue weighted by molar-refractivity contribution is 6.03. The summed E-state index contributed by atoms with van der Waals surface area (Å²) in [4.78, 5) is 16.7. The number of H-pyrrole nitrogens is 1. The van der Waals surface area contributed by atoms with Gasteiger partial charge in [0.05, 0.1) is 0 Å². The maximum absolute atomic E-state index is 12.6. The number of nitrogens with zero attached hydrogens (tertiary/aromatic N) is 2. The predicted molar refractivity (Wildman–Crippen MR) is 107 cm³/mol. The number of aromatic nitrogens is 3. The van der Waals surface area contributed by atoms with Gasteiger partial charge in [-0.05, 0) is 87.7 Å². The van der Waals surface area contributed by atoms with Crippen LogP contribution in [0, 0.1) is 6.92 Å². The number of amides is 1. The summed E-state index contributed by atoms with van der Waals surface area (Å²) in [6.07, 6.45) is 9.30. The normalized spacial score (nSPS) is 18.2. The zero-order chi connectivity index (χ0) is 18.6. The van der Waals surface area contributed by atoms with Crippen LogP contribution in [-0.2, 0) is 0 Å². The second kappa shape index (κ2) is 8.05. The Morgan fingerprint density at radius 1 is 1.22 bits per heavy atom. The molecular weight excluding hydrogens is 338 g/mol. The van der Waals surface area contributed by atoms with Crippen molar-refractivity contribution in [1.82, 2.24) is 20.5 Å². The number of rotatable bonds is 4. The highest BCUT2D eigenvalue weighted by atomic mass is 16.2. The number of piperidine rings is 1. The summed E-state index contributed by atoms with van der Waals surface area (Å²) >= 11 is 0. The van der Waals surface area contributed by atoms with Crippen LogP contribution in [0.4, 0.5) is 5.69 Å². The summed E-state index contributed by atoms with van der Waals surface area (Å²) in [5, 5.41) is 13.2. The fraction of sp³-hybridized carbons (Fsp3) is 0.476.